The van der Waals surface area contributed by atoms with Crippen LogP contribution >= 0.6 is 22.9 Å². The van der Waals surface area contributed by atoms with Gasteiger partial charge in [0.2, 0.25) is 5.91 Å². The number of carbonyl (C=O) groups is 2. The van der Waals surface area contributed by atoms with E-state index in [-0.39, 0.29) is 17.7 Å². The van der Waals surface area contributed by atoms with E-state index in [4.69, 9.17) is 11.6 Å². The minimum absolute atomic E-state index is 0.0176. The highest BCUT2D eigenvalue weighted by atomic mass is 35.5. The summed E-state index contributed by atoms with van der Waals surface area (Å²) in [7, 11) is 0. The molecule has 1 saturated heterocycles. The van der Waals surface area contributed by atoms with Gasteiger partial charge in [-0.25, -0.2) is 0 Å². The van der Waals surface area contributed by atoms with E-state index in [1.54, 1.807) is 11.3 Å². The Labute approximate surface area is 197 Å². The number of nitrogens with one attached hydrogen (secondary N) is 1. The van der Waals surface area contributed by atoms with Crippen molar-refractivity contribution >= 4 is 45.0 Å². The molecule has 2 fully saturated rings. The maximum absolute atomic E-state index is 13.5. The minimum Gasteiger partial charge on any atom is -0.353 e. The van der Waals surface area contributed by atoms with Crippen LogP contribution in [0.5, 0.6) is 0 Å². The van der Waals surface area contributed by atoms with Gasteiger partial charge in [0.1, 0.15) is 10.5 Å². The normalized spacial score (nSPS) is 17.8. The average Bonchev–Trinajstić information content (AvgIpc) is 3.54. The largest absolute Gasteiger partial charge is 0.353 e. The quantitative estimate of drug-likeness (QED) is 0.550. The van der Waals surface area contributed by atoms with Crippen LogP contribution in [0.3, 0.4) is 0 Å². The second-order valence-electron chi connectivity index (χ2n) is 8.98. The molecule has 5 rings (SSSR count). The Morgan fingerprint density at radius 1 is 1.03 bits per heavy atom. The van der Waals surface area contributed by atoms with Crippen LogP contribution in [-0.4, -0.2) is 40.4 Å². The average molecular weight is 470 g/mol. The van der Waals surface area contributed by atoms with Gasteiger partial charge in [0.15, 0.2) is 0 Å². The molecule has 5 nitrogen and oxygen atoms in total. The van der Waals surface area contributed by atoms with Gasteiger partial charge in [0.05, 0.1) is 0 Å². The van der Waals surface area contributed by atoms with Gasteiger partial charge in [-0.05, 0) is 60.9 Å². The van der Waals surface area contributed by atoms with Crippen LogP contribution in [0.2, 0.25) is 5.02 Å². The molecule has 1 aliphatic carbocycles. The number of rotatable bonds is 5. The summed E-state index contributed by atoms with van der Waals surface area (Å²) in [4.78, 5) is 29.1. The number of hydrogen-bond acceptors (Lipinski definition) is 3. The second-order valence-corrected chi connectivity index (χ2v) is 10.3. The van der Waals surface area contributed by atoms with E-state index in [1.807, 2.05) is 35.2 Å². The molecule has 1 aromatic carbocycles. The summed E-state index contributed by atoms with van der Waals surface area (Å²) >= 11 is 7.70. The lowest BCUT2D eigenvalue weighted by atomic mass is 9.95. The zero-order valence-electron chi connectivity index (χ0n) is 18.1. The molecule has 0 unspecified atom stereocenters. The number of thiophene rings is 1. The molecule has 1 aliphatic heterocycles. The predicted molar refractivity (Wildman–Crippen MR) is 129 cm³/mol. The molecule has 0 radical (unpaired) electrons. The minimum atomic E-state index is 0.0176. The van der Waals surface area contributed by atoms with Crippen molar-refractivity contribution in [2.45, 2.75) is 51.1 Å². The maximum Gasteiger partial charge on any atom is 0.270 e. The Bertz CT molecular complexity index is 1110. The first-order valence-electron chi connectivity index (χ1n) is 11.5. The van der Waals surface area contributed by atoms with Gasteiger partial charge in [0.25, 0.3) is 5.91 Å². The van der Waals surface area contributed by atoms with Gasteiger partial charge < -0.3 is 14.8 Å². The third-order valence-electron chi connectivity index (χ3n) is 6.83. The van der Waals surface area contributed by atoms with Crippen LogP contribution in [0.25, 0.3) is 10.2 Å². The molecule has 1 saturated carbocycles. The summed E-state index contributed by atoms with van der Waals surface area (Å²) in [5, 5.41) is 7.09. The molecule has 2 aromatic heterocycles. The van der Waals surface area contributed by atoms with Gasteiger partial charge in [0, 0.05) is 42.0 Å². The Kier molecular flexibility index (Phi) is 6.24. The van der Waals surface area contributed by atoms with Crippen molar-refractivity contribution in [1.82, 2.24) is 14.8 Å². The zero-order valence-corrected chi connectivity index (χ0v) is 19.6. The van der Waals surface area contributed by atoms with Gasteiger partial charge in [-0.1, -0.05) is 36.6 Å². The van der Waals surface area contributed by atoms with Crippen LogP contribution in [0.1, 0.15) is 54.6 Å². The fourth-order valence-electron chi connectivity index (χ4n) is 4.98. The molecule has 7 heteroatoms. The zero-order chi connectivity index (χ0) is 22.1. The van der Waals surface area contributed by atoms with E-state index in [9.17, 15) is 9.59 Å². The van der Waals surface area contributed by atoms with Crippen molar-refractivity contribution in [2.75, 3.05) is 13.1 Å². The molecule has 168 valence electrons. The monoisotopic (exact) mass is 469 g/mol. The summed E-state index contributed by atoms with van der Waals surface area (Å²) < 4.78 is 2.12. The SMILES string of the molecule is O=C(NC1CCCC1)C1CCN(C(=O)c2cc3ccsc3n2Cc2ccc(Cl)cc2)CC1. The lowest BCUT2D eigenvalue weighted by Crippen LogP contribution is -2.45. The van der Waals surface area contributed by atoms with E-state index in [2.05, 4.69) is 21.3 Å². The van der Waals surface area contributed by atoms with Gasteiger partial charge in [-0.2, -0.15) is 0 Å². The molecule has 0 atom stereocenters. The Morgan fingerprint density at radius 2 is 1.75 bits per heavy atom. The van der Waals surface area contributed by atoms with Gasteiger partial charge in [-0.3, -0.25) is 9.59 Å². The molecule has 0 bridgehead atoms. The topological polar surface area (TPSA) is 54.3 Å². The molecule has 32 heavy (non-hydrogen) atoms. The number of amides is 2. The molecule has 3 aromatic rings. The van der Waals surface area contributed by atoms with E-state index in [1.165, 1.54) is 12.8 Å². The molecular formula is C25H28ClN3O2S. The summed E-state index contributed by atoms with van der Waals surface area (Å²) in [6.07, 6.45) is 6.10. The number of fused-ring (bicyclic) bond motifs is 1. The van der Waals surface area contributed by atoms with Crippen molar-refractivity contribution in [1.29, 1.82) is 0 Å². The fraction of sp³-hybridized carbons (Fsp3) is 0.440. The van der Waals surface area contributed by atoms with Crippen LogP contribution in [-0.2, 0) is 11.3 Å². The Balaban J connectivity index is 1.28. The first-order valence-corrected chi connectivity index (χ1v) is 12.7. The highest BCUT2D eigenvalue weighted by Crippen LogP contribution is 2.29. The van der Waals surface area contributed by atoms with E-state index < -0.39 is 0 Å². The highest BCUT2D eigenvalue weighted by Gasteiger charge is 2.31. The van der Waals surface area contributed by atoms with Gasteiger partial charge in [-0.15, -0.1) is 11.3 Å². The third-order valence-corrected chi connectivity index (χ3v) is 8.03. The summed E-state index contributed by atoms with van der Waals surface area (Å²) in [5.74, 6) is 0.247. The summed E-state index contributed by atoms with van der Waals surface area (Å²) in [5.41, 5.74) is 1.83. The highest BCUT2D eigenvalue weighted by molar-refractivity contribution is 7.16. The molecule has 2 aliphatic rings. The molecule has 1 N–H and O–H groups in total. The van der Waals surface area contributed by atoms with Gasteiger partial charge >= 0.3 is 0 Å². The molecule has 0 spiro atoms. The Morgan fingerprint density at radius 3 is 2.47 bits per heavy atom. The Hall–Kier alpha value is -2.31. The first kappa shape index (κ1) is 21.5. The lowest BCUT2D eigenvalue weighted by molar-refractivity contribution is -0.127. The fourth-order valence-corrected chi connectivity index (χ4v) is 6.00. The van der Waals surface area contributed by atoms with E-state index in [0.29, 0.717) is 30.7 Å². The standard InChI is InChI=1S/C25H28ClN3O2S/c26-20-7-5-17(6-8-20)16-29-22(15-19-11-14-32-25(19)29)24(31)28-12-9-18(10-13-28)23(30)27-21-3-1-2-4-21/h5-8,11,14-15,18,21H,1-4,9-10,12-13,16H2,(H,27,30). The van der Waals surface area contributed by atoms with Crippen molar-refractivity contribution in [3.63, 3.8) is 0 Å². The smallest absolute Gasteiger partial charge is 0.270 e. The number of aromatic nitrogens is 1. The van der Waals surface area contributed by atoms with Crippen molar-refractivity contribution in [2.24, 2.45) is 5.92 Å². The summed E-state index contributed by atoms with van der Waals surface area (Å²) in [6, 6.07) is 12.2. The second kappa shape index (κ2) is 9.28. The summed E-state index contributed by atoms with van der Waals surface area (Å²) in [6.45, 7) is 1.88. The number of likely N-dealkylation sites (tertiary alicyclic amines) is 1. The van der Waals surface area contributed by atoms with Crippen molar-refractivity contribution in [3.8, 4) is 0 Å². The lowest BCUT2D eigenvalue weighted by Gasteiger charge is -2.32. The number of piperidine rings is 1. The maximum atomic E-state index is 13.5. The number of nitrogens with zero attached hydrogens (tertiary/aromatic N) is 2. The molecular weight excluding hydrogens is 442 g/mol. The van der Waals surface area contributed by atoms with Crippen LogP contribution in [0.4, 0.5) is 0 Å². The predicted octanol–water partition coefficient (Wildman–Crippen LogP) is 5.32. The van der Waals surface area contributed by atoms with Crippen LogP contribution in [0.15, 0.2) is 41.8 Å². The van der Waals surface area contributed by atoms with Crippen molar-refractivity contribution < 1.29 is 9.59 Å². The number of halogens is 1. The van der Waals surface area contributed by atoms with Crippen LogP contribution < -0.4 is 5.32 Å². The third kappa shape index (κ3) is 4.44. The molecule has 3 heterocycles. The number of benzene rings is 1. The van der Waals surface area contributed by atoms with E-state index in [0.717, 1.165) is 47.2 Å². The van der Waals surface area contributed by atoms with Crippen LogP contribution in [0, 0.1) is 5.92 Å². The number of carbonyl (C=O) groups excluding carboxylic acids is 2. The number of hydrogen-bond donors (Lipinski definition) is 1. The van der Waals surface area contributed by atoms with E-state index >= 15 is 0 Å². The molecule has 2 amide bonds. The van der Waals surface area contributed by atoms with Crippen molar-refractivity contribution in [3.05, 3.63) is 58.1 Å². The first-order chi connectivity index (χ1) is 15.6.